The number of pyridine rings is 1. The standard InChI is InChI=1S/C23H28N4O3S/c1-18-11-12-24-23(14-18)26-17-21(16-25-26)31(29,30)27-13-7-3-6-10-20(27)15-22(28)19-8-4-2-5-9-19/h2,4-5,8-9,11-12,14,16-17,20,22,28H,3,6-7,10,13,15H2,1H3/t20-,22+/m1/s1. The van der Waals surface area contributed by atoms with Crippen LogP contribution in [0.25, 0.3) is 5.82 Å². The zero-order valence-electron chi connectivity index (χ0n) is 17.6. The van der Waals surface area contributed by atoms with Gasteiger partial charge in [-0.2, -0.15) is 9.40 Å². The number of aliphatic hydroxyl groups excluding tert-OH is 1. The Hall–Kier alpha value is -2.55. The summed E-state index contributed by atoms with van der Waals surface area (Å²) in [5, 5.41) is 15.0. The van der Waals surface area contributed by atoms with Crippen molar-refractivity contribution in [2.24, 2.45) is 0 Å². The summed E-state index contributed by atoms with van der Waals surface area (Å²) < 4.78 is 30.2. The lowest BCUT2D eigenvalue weighted by atomic mass is 9.99. The lowest BCUT2D eigenvalue weighted by Gasteiger charge is -2.30. The van der Waals surface area contributed by atoms with Gasteiger partial charge < -0.3 is 5.11 Å². The number of rotatable bonds is 6. The Bertz CT molecular complexity index is 1110. The zero-order valence-corrected chi connectivity index (χ0v) is 18.4. The van der Waals surface area contributed by atoms with Crippen LogP contribution in [-0.4, -0.2) is 45.2 Å². The Kier molecular flexibility index (Phi) is 6.50. The number of aryl methyl sites for hydroxylation is 1. The van der Waals surface area contributed by atoms with E-state index in [1.165, 1.54) is 17.1 Å². The molecule has 1 saturated heterocycles. The molecule has 4 rings (SSSR count). The molecule has 0 unspecified atom stereocenters. The Morgan fingerprint density at radius 2 is 1.97 bits per heavy atom. The van der Waals surface area contributed by atoms with Gasteiger partial charge in [-0.1, -0.05) is 43.2 Å². The summed E-state index contributed by atoms with van der Waals surface area (Å²) in [6, 6.07) is 12.9. The molecule has 8 heteroatoms. The number of aliphatic hydroxyl groups is 1. The molecular weight excluding hydrogens is 412 g/mol. The maximum absolute atomic E-state index is 13.6. The van der Waals surface area contributed by atoms with E-state index < -0.39 is 16.1 Å². The van der Waals surface area contributed by atoms with Crippen molar-refractivity contribution in [3.8, 4) is 5.82 Å². The minimum Gasteiger partial charge on any atom is -0.388 e. The molecule has 3 aromatic rings. The third kappa shape index (κ3) is 4.87. The van der Waals surface area contributed by atoms with Gasteiger partial charge in [-0.25, -0.2) is 18.1 Å². The minimum absolute atomic E-state index is 0.150. The van der Waals surface area contributed by atoms with E-state index in [1.807, 2.05) is 49.4 Å². The fraction of sp³-hybridized carbons (Fsp3) is 0.391. The third-order valence-electron chi connectivity index (χ3n) is 5.80. The molecule has 164 valence electrons. The number of aromatic nitrogens is 3. The van der Waals surface area contributed by atoms with Crippen molar-refractivity contribution >= 4 is 10.0 Å². The molecule has 0 radical (unpaired) electrons. The molecular formula is C23H28N4O3S. The predicted octanol–water partition coefficient (Wildman–Crippen LogP) is 3.63. The highest BCUT2D eigenvalue weighted by Crippen LogP contribution is 2.30. The maximum atomic E-state index is 13.6. The lowest BCUT2D eigenvalue weighted by Crippen LogP contribution is -2.40. The number of hydrogen-bond donors (Lipinski definition) is 1. The number of sulfonamides is 1. The van der Waals surface area contributed by atoms with Gasteiger partial charge in [-0.3, -0.25) is 0 Å². The molecule has 7 nitrogen and oxygen atoms in total. The third-order valence-corrected chi connectivity index (χ3v) is 7.71. The van der Waals surface area contributed by atoms with Crippen LogP contribution in [0, 0.1) is 6.92 Å². The van der Waals surface area contributed by atoms with Crippen LogP contribution in [0.2, 0.25) is 0 Å². The van der Waals surface area contributed by atoms with Crippen LogP contribution in [0.4, 0.5) is 0 Å². The van der Waals surface area contributed by atoms with Crippen LogP contribution in [0.15, 0.2) is 66.0 Å². The SMILES string of the molecule is Cc1ccnc(-n2cc(S(=O)(=O)N3CCCCC[C@@H]3C[C@H](O)c3ccccc3)cn2)c1. The summed E-state index contributed by atoms with van der Waals surface area (Å²) in [4.78, 5) is 4.43. The summed E-state index contributed by atoms with van der Waals surface area (Å²) in [7, 11) is -3.75. The van der Waals surface area contributed by atoms with Gasteiger partial charge in [0.15, 0.2) is 5.82 Å². The van der Waals surface area contributed by atoms with Gasteiger partial charge in [0.1, 0.15) is 4.90 Å². The zero-order chi connectivity index (χ0) is 21.8. The molecule has 31 heavy (non-hydrogen) atoms. The molecule has 1 aliphatic heterocycles. The molecule has 0 spiro atoms. The van der Waals surface area contributed by atoms with E-state index >= 15 is 0 Å². The van der Waals surface area contributed by atoms with Gasteiger partial charge in [0.2, 0.25) is 10.0 Å². The second-order valence-electron chi connectivity index (χ2n) is 8.09. The van der Waals surface area contributed by atoms with E-state index in [-0.39, 0.29) is 10.9 Å². The Labute approximate surface area is 183 Å². The predicted molar refractivity (Wildman–Crippen MR) is 118 cm³/mol. The fourth-order valence-electron chi connectivity index (χ4n) is 4.12. The second kappa shape index (κ2) is 9.30. The summed E-state index contributed by atoms with van der Waals surface area (Å²) in [5.74, 6) is 0.577. The van der Waals surface area contributed by atoms with Crippen LogP contribution in [0.3, 0.4) is 0 Å². The average Bonchev–Trinajstić information content (AvgIpc) is 3.16. The molecule has 2 aromatic heterocycles. The smallest absolute Gasteiger partial charge is 0.246 e. The highest BCUT2D eigenvalue weighted by atomic mass is 32.2. The topological polar surface area (TPSA) is 88.3 Å². The van der Waals surface area contributed by atoms with Crippen molar-refractivity contribution < 1.29 is 13.5 Å². The van der Waals surface area contributed by atoms with E-state index in [0.717, 1.165) is 36.8 Å². The molecule has 1 aliphatic rings. The van der Waals surface area contributed by atoms with Crippen molar-refractivity contribution in [3.63, 3.8) is 0 Å². The summed E-state index contributed by atoms with van der Waals surface area (Å²) >= 11 is 0. The van der Waals surface area contributed by atoms with Crippen LogP contribution in [0.1, 0.15) is 49.3 Å². The molecule has 0 bridgehead atoms. The molecule has 3 heterocycles. The number of hydrogen-bond acceptors (Lipinski definition) is 5. The summed E-state index contributed by atoms with van der Waals surface area (Å²) in [6.07, 6.45) is 7.72. The van der Waals surface area contributed by atoms with E-state index in [4.69, 9.17) is 0 Å². The largest absolute Gasteiger partial charge is 0.388 e. The van der Waals surface area contributed by atoms with Gasteiger partial charge in [0.25, 0.3) is 0 Å². The Balaban J connectivity index is 1.60. The highest BCUT2D eigenvalue weighted by Gasteiger charge is 2.34. The maximum Gasteiger partial charge on any atom is 0.246 e. The van der Waals surface area contributed by atoms with Crippen LogP contribution >= 0.6 is 0 Å². The van der Waals surface area contributed by atoms with Gasteiger partial charge in [-0.15, -0.1) is 0 Å². The quantitative estimate of drug-likeness (QED) is 0.632. The van der Waals surface area contributed by atoms with Crippen molar-refractivity contribution in [1.82, 2.24) is 19.1 Å². The molecule has 0 aliphatic carbocycles. The average molecular weight is 441 g/mol. The molecule has 1 aromatic carbocycles. The van der Waals surface area contributed by atoms with Crippen molar-refractivity contribution in [2.75, 3.05) is 6.54 Å². The first-order valence-electron chi connectivity index (χ1n) is 10.7. The van der Waals surface area contributed by atoms with E-state index in [2.05, 4.69) is 10.1 Å². The van der Waals surface area contributed by atoms with Crippen LogP contribution < -0.4 is 0 Å². The van der Waals surface area contributed by atoms with Crippen LogP contribution in [0.5, 0.6) is 0 Å². The highest BCUT2D eigenvalue weighted by molar-refractivity contribution is 7.89. The summed E-state index contributed by atoms with van der Waals surface area (Å²) in [6.45, 7) is 2.40. The molecule has 0 amide bonds. The van der Waals surface area contributed by atoms with Gasteiger partial charge in [0.05, 0.1) is 18.5 Å². The van der Waals surface area contributed by atoms with Gasteiger partial charge in [-0.05, 0) is 49.4 Å². The van der Waals surface area contributed by atoms with Crippen LogP contribution in [-0.2, 0) is 10.0 Å². The second-order valence-corrected chi connectivity index (χ2v) is 9.98. The van der Waals surface area contributed by atoms with Crippen molar-refractivity contribution in [3.05, 3.63) is 72.2 Å². The number of nitrogens with zero attached hydrogens (tertiary/aromatic N) is 4. The Morgan fingerprint density at radius 1 is 1.16 bits per heavy atom. The van der Waals surface area contributed by atoms with E-state index in [0.29, 0.717) is 18.8 Å². The first-order valence-corrected chi connectivity index (χ1v) is 12.1. The minimum atomic E-state index is -3.75. The molecule has 2 atom stereocenters. The monoisotopic (exact) mass is 440 g/mol. The van der Waals surface area contributed by atoms with Crippen molar-refractivity contribution in [1.29, 1.82) is 0 Å². The normalized spacial score (nSPS) is 19.1. The molecule has 1 fully saturated rings. The van der Waals surface area contributed by atoms with Gasteiger partial charge in [0, 0.05) is 18.8 Å². The van der Waals surface area contributed by atoms with Gasteiger partial charge >= 0.3 is 0 Å². The van der Waals surface area contributed by atoms with E-state index in [9.17, 15) is 13.5 Å². The summed E-state index contributed by atoms with van der Waals surface area (Å²) in [5.41, 5.74) is 1.83. The lowest BCUT2D eigenvalue weighted by molar-refractivity contribution is 0.132. The van der Waals surface area contributed by atoms with Crippen molar-refractivity contribution in [2.45, 2.75) is 56.1 Å². The molecule has 0 saturated carbocycles. The first kappa shape index (κ1) is 21.7. The van der Waals surface area contributed by atoms with E-state index in [1.54, 1.807) is 10.5 Å². The first-order chi connectivity index (χ1) is 14.9. The number of benzene rings is 1. The Morgan fingerprint density at radius 3 is 2.74 bits per heavy atom. The molecule has 1 N–H and O–H groups in total. The fourth-order valence-corrected chi connectivity index (χ4v) is 5.76.